The van der Waals surface area contributed by atoms with E-state index in [1.807, 2.05) is 0 Å². The third-order valence-electron chi connectivity index (χ3n) is 15.0. The first-order valence-electron chi connectivity index (χ1n) is 34.9. The van der Waals surface area contributed by atoms with Crippen molar-refractivity contribution >= 4 is 17.9 Å². The highest BCUT2D eigenvalue weighted by molar-refractivity contribution is 5.71. The molecular formula is C76H130O6. The molecule has 6 nitrogen and oxygen atoms in total. The monoisotopic (exact) mass is 1140 g/mol. The summed E-state index contributed by atoms with van der Waals surface area (Å²) in [4.78, 5) is 38.3. The molecule has 0 saturated heterocycles. The Bertz CT molecular complexity index is 1640. The molecule has 0 radical (unpaired) electrons. The first-order chi connectivity index (χ1) is 40.5. The molecule has 0 spiro atoms. The van der Waals surface area contributed by atoms with Crippen molar-refractivity contribution in [1.29, 1.82) is 0 Å². The van der Waals surface area contributed by atoms with E-state index in [-0.39, 0.29) is 31.1 Å². The average molecular weight is 1140 g/mol. The molecule has 0 N–H and O–H groups in total. The largest absolute Gasteiger partial charge is 0.462 e. The third kappa shape index (κ3) is 66.9. The van der Waals surface area contributed by atoms with Crippen LogP contribution in [0.15, 0.2) is 109 Å². The first kappa shape index (κ1) is 78.1. The maximum absolute atomic E-state index is 12.9. The van der Waals surface area contributed by atoms with Crippen LogP contribution in [0.3, 0.4) is 0 Å². The lowest BCUT2D eigenvalue weighted by atomic mass is 10.0. The first-order valence-corrected chi connectivity index (χ1v) is 34.9. The van der Waals surface area contributed by atoms with Crippen molar-refractivity contribution in [3.63, 3.8) is 0 Å². The second-order valence-electron chi connectivity index (χ2n) is 23.0. The van der Waals surface area contributed by atoms with E-state index < -0.39 is 6.10 Å². The van der Waals surface area contributed by atoms with E-state index in [0.717, 1.165) is 116 Å². The lowest BCUT2D eigenvalue weighted by Crippen LogP contribution is -2.30. The Balaban J connectivity index is 4.17. The van der Waals surface area contributed by atoms with Gasteiger partial charge in [-0.25, -0.2) is 0 Å². The molecule has 1 atom stereocenters. The maximum atomic E-state index is 12.9. The minimum atomic E-state index is -0.779. The van der Waals surface area contributed by atoms with Gasteiger partial charge in [0.2, 0.25) is 0 Å². The van der Waals surface area contributed by atoms with Crippen molar-refractivity contribution in [2.24, 2.45) is 0 Å². The number of carbonyl (C=O) groups is 3. The zero-order valence-corrected chi connectivity index (χ0v) is 54.0. The highest BCUT2D eigenvalue weighted by Crippen LogP contribution is 2.17. The zero-order valence-electron chi connectivity index (χ0n) is 54.0. The molecule has 0 aromatic carbocycles. The van der Waals surface area contributed by atoms with E-state index in [9.17, 15) is 14.4 Å². The normalized spacial score (nSPS) is 12.8. The molecule has 1 unspecified atom stereocenters. The van der Waals surface area contributed by atoms with Crippen molar-refractivity contribution < 1.29 is 28.6 Å². The summed E-state index contributed by atoms with van der Waals surface area (Å²) in [5, 5.41) is 0. The molecule has 0 aromatic rings. The SMILES string of the molecule is CC/C=C\C/C=C\C/C=C\C/C=C\C/C=C\CCCCCCCCCCCCCCCCCC(=O)OCC(COC(=O)CCCCCCCCCCCC)OC(=O)CCCCCCCCCCCC/C=C\C/C=C\C/C=C\C/C=C\CC. The van der Waals surface area contributed by atoms with Gasteiger partial charge in [-0.3, -0.25) is 14.4 Å². The van der Waals surface area contributed by atoms with E-state index in [1.54, 1.807) is 0 Å². The number of allylic oxidation sites excluding steroid dienone is 18. The second kappa shape index (κ2) is 69.6. The molecule has 470 valence electrons. The third-order valence-corrected chi connectivity index (χ3v) is 15.0. The molecule has 0 aliphatic heterocycles. The lowest BCUT2D eigenvalue weighted by Gasteiger charge is -2.18. The fourth-order valence-corrected chi connectivity index (χ4v) is 9.88. The van der Waals surface area contributed by atoms with Crippen molar-refractivity contribution in [1.82, 2.24) is 0 Å². The quantitative estimate of drug-likeness (QED) is 0.0261. The van der Waals surface area contributed by atoms with E-state index in [1.165, 1.54) is 180 Å². The van der Waals surface area contributed by atoms with Gasteiger partial charge in [0.25, 0.3) is 0 Å². The van der Waals surface area contributed by atoms with Gasteiger partial charge >= 0.3 is 17.9 Å². The number of hydrogen-bond donors (Lipinski definition) is 0. The average Bonchev–Trinajstić information content (AvgIpc) is 3.47. The Morgan fingerprint density at radius 2 is 0.476 bits per heavy atom. The van der Waals surface area contributed by atoms with Crippen molar-refractivity contribution in [2.75, 3.05) is 13.2 Å². The number of ether oxygens (including phenoxy) is 3. The Morgan fingerprint density at radius 1 is 0.256 bits per heavy atom. The molecule has 6 heteroatoms. The number of hydrogen-bond acceptors (Lipinski definition) is 6. The van der Waals surface area contributed by atoms with Gasteiger partial charge in [0.05, 0.1) is 0 Å². The van der Waals surface area contributed by atoms with Crippen LogP contribution in [0.5, 0.6) is 0 Å². The second-order valence-corrected chi connectivity index (χ2v) is 23.0. The molecule has 0 amide bonds. The Kier molecular flexibility index (Phi) is 66.2. The molecule has 0 aromatic heterocycles. The Hall–Kier alpha value is -3.93. The molecular weight excluding hydrogens is 1010 g/mol. The van der Waals surface area contributed by atoms with Crippen molar-refractivity contribution in [3.8, 4) is 0 Å². The van der Waals surface area contributed by atoms with Crippen molar-refractivity contribution in [3.05, 3.63) is 109 Å². The number of unbranched alkanes of at least 4 members (excludes halogenated alkanes) is 34. The van der Waals surface area contributed by atoms with E-state index in [0.29, 0.717) is 19.3 Å². The van der Waals surface area contributed by atoms with Crippen LogP contribution in [0.25, 0.3) is 0 Å². The number of carbonyl (C=O) groups excluding carboxylic acids is 3. The van der Waals surface area contributed by atoms with Gasteiger partial charge in [0.1, 0.15) is 13.2 Å². The smallest absolute Gasteiger partial charge is 0.306 e. The van der Waals surface area contributed by atoms with Crippen LogP contribution < -0.4 is 0 Å². The minimum absolute atomic E-state index is 0.0759. The van der Waals surface area contributed by atoms with Crippen LogP contribution in [-0.4, -0.2) is 37.2 Å². The van der Waals surface area contributed by atoms with E-state index >= 15 is 0 Å². The lowest BCUT2D eigenvalue weighted by molar-refractivity contribution is -0.167. The Labute approximate surface area is 508 Å². The van der Waals surface area contributed by atoms with Gasteiger partial charge in [0.15, 0.2) is 6.10 Å². The van der Waals surface area contributed by atoms with Gasteiger partial charge in [-0.15, -0.1) is 0 Å². The minimum Gasteiger partial charge on any atom is -0.462 e. The van der Waals surface area contributed by atoms with E-state index in [4.69, 9.17) is 14.2 Å². The molecule has 0 aliphatic rings. The van der Waals surface area contributed by atoms with Gasteiger partial charge < -0.3 is 14.2 Å². The van der Waals surface area contributed by atoms with Crippen LogP contribution in [0.2, 0.25) is 0 Å². The predicted molar refractivity (Wildman–Crippen MR) is 357 cm³/mol. The highest BCUT2D eigenvalue weighted by atomic mass is 16.6. The molecule has 0 fully saturated rings. The molecule has 0 aliphatic carbocycles. The van der Waals surface area contributed by atoms with Gasteiger partial charge in [0, 0.05) is 19.3 Å². The summed E-state index contributed by atoms with van der Waals surface area (Å²) in [6, 6.07) is 0. The van der Waals surface area contributed by atoms with Crippen LogP contribution in [-0.2, 0) is 28.6 Å². The van der Waals surface area contributed by atoms with Crippen LogP contribution in [0, 0.1) is 0 Å². The highest BCUT2D eigenvalue weighted by Gasteiger charge is 2.19. The number of rotatable bonds is 63. The summed E-state index contributed by atoms with van der Waals surface area (Å²) in [6.07, 6.45) is 95.5. The predicted octanol–water partition coefficient (Wildman–Crippen LogP) is 24.2. The summed E-state index contributed by atoms with van der Waals surface area (Å²) in [5.74, 6) is -0.868. The molecule has 82 heavy (non-hydrogen) atoms. The summed E-state index contributed by atoms with van der Waals surface area (Å²) in [6.45, 7) is 6.43. The molecule has 0 bridgehead atoms. The zero-order chi connectivity index (χ0) is 59.2. The van der Waals surface area contributed by atoms with Crippen molar-refractivity contribution in [2.45, 2.75) is 341 Å². The van der Waals surface area contributed by atoms with Crippen LogP contribution >= 0.6 is 0 Å². The fraction of sp³-hybridized carbons (Fsp3) is 0.724. The number of esters is 3. The van der Waals surface area contributed by atoms with Gasteiger partial charge in [-0.05, 0) is 103 Å². The van der Waals surface area contributed by atoms with Gasteiger partial charge in [-0.2, -0.15) is 0 Å². The topological polar surface area (TPSA) is 78.9 Å². The Morgan fingerprint density at radius 3 is 0.744 bits per heavy atom. The molecule has 0 heterocycles. The van der Waals surface area contributed by atoms with E-state index in [2.05, 4.69) is 130 Å². The molecule has 0 rings (SSSR count). The summed E-state index contributed by atoms with van der Waals surface area (Å²) >= 11 is 0. The van der Waals surface area contributed by atoms with Crippen LogP contribution in [0.1, 0.15) is 335 Å². The molecule has 0 saturated carbocycles. The standard InChI is InChI=1S/C76H130O6/c1-4-7-10-13-16-19-22-24-26-28-30-32-34-35-36-37-38-39-40-41-43-44-46-48-50-52-54-57-60-63-66-69-75(78)81-72-73(71-80-74(77)68-65-62-59-56-21-18-15-12-9-6-3)82-76(79)70-67-64-61-58-55-53-51-49-47-45-42-33-31-29-27-25-23-20-17-14-11-8-5-2/h7-8,10-11,16-17,19-20,24-27,30-33,35-36,73H,4-6,9,12-15,18,21-23,28-29,34,37-72H2,1-3H3/b10-7-,11-8-,19-16-,20-17-,26-24-,27-25-,32-30-,33-31-,36-35-. The maximum Gasteiger partial charge on any atom is 0.306 e. The summed E-state index contributed by atoms with van der Waals surface area (Å²) < 4.78 is 16.9. The van der Waals surface area contributed by atoms with Crippen LogP contribution in [0.4, 0.5) is 0 Å². The fourth-order valence-electron chi connectivity index (χ4n) is 9.88. The summed E-state index contributed by atoms with van der Waals surface area (Å²) in [7, 11) is 0. The summed E-state index contributed by atoms with van der Waals surface area (Å²) in [5.41, 5.74) is 0. The van der Waals surface area contributed by atoms with Gasteiger partial charge in [-0.1, -0.05) is 323 Å².